The Morgan fingerprint density at radius 3 is 2.72 bits per heavy atom. The van der Waals surface area contributed by atoms with E-state index in [2.05, 4.69) is 0 Å². The molecule has 0 radical (unpaired) electrons. The molecular weight excluding hydrogens is 229 g/mol. The van der Waals surface area contributed by atoms with Crippen LogP contribution in [0, 0.1) is 19.7 Å². The number of aliphatic hydroxyl groups is 1. The molecule has 18 heavy (non-hydrogen) atoms. The molecule has 0 saturated carbocycles. The first-order valence-electron chi connectivity index (χ1n) is 5.86. The van der Waals surface area contributed by atoms with Crippen molar-refractivity contribution < 1.29 is 9.50 Å². The lowest BCUT2D eigenvalue weighted by Gasteiger charge is -2.09. The van der Waals surface area contributed by atoms with Gasteiger partial charge in [-0.3, -0.25) is 0 Å². The van der Waals surface area contributed by atoms with Crippen molar-refractivity contribution in [1.29, 1.82) is 0 Å². The third-order valence-electron chi connectivity index (χ3n) is 2.94. The van der Waals surface area contributed by atoms with Gasteiger partial charge < -0.3 is 9.67 Å². The van der Waals surface area contributed by atoms with Crippen molar-refractivity contribution in [3.05, 3.63) is 59.2 Å². The van der Waals surface area contributed by atoms with Gasteiger partial charge in [0, 0.05) is 17.1 Å². The third-order valence-corrected chi connectivity index (χ3v) is 2.94. The van der Waals surface area contributed by atoms with E-state index in [9.17, 15) is 4.39 Å². The smallest absolute Gasteiger partial charge is 0.125 e. The van der Waals surface area contributed by atoms with Crippen LogP contribution in [0.25, 0.3) is 11.8 Å². The van der Waals surface area contributed by atoms with Gasteiger partial charge in [0.15, 0.2) is 0 Å². The second-order valence-electron chi connectivity index (χ2n) is 4.23. The van der Waals surface area contributed by atoms with Crippen molar-refractivity contribution in [3.8, 4) is 5.69 Å². The number of halogens is 1. The van der Waals surface area contributed by atoms with Crippen LogP contribution in [0.1, 0.15) is 17.0 Å². The number of aromatic nitrogens is 1. The fourth-order valence-corrected chi connectivity index (χ4v) is 2.15. The van der Waals surface area contributed by atoms with E-state index in [0.717, 1.165) is 22.6 Å². The Kier molecular flexibility index (Phi) is 3.63. The topological polar surface area (TPSA) is 25.2 Å². The SMILES string of the molecule is Cc1cc(C=CCO)c(C)n1-c1cccc(F)c1. The maximum Gasteiger partial charge on any atom is 0.125 e. The summed E-state index contributed by atoms with van der Waals surface area (Å²) in [6.07, 6.45) is 3.57. The van der Waals surface area contributed by atoms with Crippen LogP contribution in [-0.2, 0) is 0 Å². The standard InChI is InChI=1S/C15H16FNO/c1-11-9-13(5-4-8-18)12(2)17(11)15-7-3-6-14(16)10-15/h3-7,9-10,18H,8H2,1-2H3. The summed E-state index contributed by atoms with van der Waals surface area (Å²) in [4.78, 5) is 0. The molecule has 0 aliphatic heterocycles. The number of benzene rings is 1. The van der Waals surface area contributed by atoms with Crippen LogP contribution in [-0.4, -0.2) is 16.3 Å². The summed E-state index contributed by atoms with van der Waals surface area (Å²) in [5.41, 5.74) is 3.91. The molecule has 1 aromatic carbocycles. The highest BCUT2D eigenvalue weighted by atomic mass is 19.1. The predicted octanol–water partition coefficient (Wildman–Crippen LogP) is 3.24. The van der Waals surface area contributed by atoms with Crippen LogP contribution < -0.4 is 0 Å². The normalized spacial score (nSPS) is 11.3. The average Bonchev–Trinajstić information content (AvgIpc) is 2.62. The van der Waals surface area contributed by atoms with Crippen LogP contribution in [0.4, 0.5) is 4.39 Å². The lowest BCUT2D eigenvalue weighted by Crippen LogP contribution is -1.99. The van der Waals surface area contributed by atoms with Crippen molar-refractivity contribution >= 4 is 6.08 Å². The van der Waals surface area contributed by atoms with Crippen molar-refractivity contribution in [1.82, 2.24) is 4.57 Å². The van der Waals surface area contributed by atoms with Crippen molar-refractivity contribution in [2.45, 2.75) is 13.8 Å². The molecule has 0 atom stereocenters. The highest BCUT2D eigenvalue weighted by molar-refractivity contribution is 5.56. The molecule has 2 nitrogen and oxygen atoms in total. The van der Waals surface area contributed by atoms with E-state index in [-0.39, 0.29) is 12.4 Å². The maximum absolute atomic E-state index is 13.3. The van der Waals surface area contributed by atoms with Gasteiger partial charge >= 0.3 is 0 Å². The molecule has 1 N–H and O–H groups in total. The van der Waals surface area contributed by atoms with Gasteiger partial charge in [0.2, 0.25) is 0 Å². The summed E-state index contributed by atoms with van der Waals surface area (Å²) >= 11 is 0. The lowest BCUT2D eigenvalue weighted by molar-refractivity contribution is 0.343. The lowest BCUT2D eigenvalue weighted by atomic mass is 10.2. The molecule has 0 fully saturated rings. The summed E-state index contributed by atoms with van der Waals surface area (Å²) in [7, 11) is 0. The van der Waals surface area contributed by atoms with E-state index in [0.29, 0.717) is 0 Å². The number of aliphatic hydroxyl groups excluding tert-OH is 1. The summed E-state index contributed by atoms with van der Waals surface area (Å²) in [5.74, 6) is -0.243. The Hall–Kier alpha value is -1.87. The average molecular weight is 245 g/mol. The van der Waals surface area contributed by atoms with E-state index in [1.807, 2.05) is 36.6 Å². The molecule has 2 aromatic rings. The molecule has 0 bridgehead atoms. The van der Waals surface area contributed by atoms with E-state index >= 15 is 0 Å². The molecule has 1 heterocycles. The van der Waals surface area contributed by atoms with Gasteiger partial charge in [0.25, 0.3) is 0 Å². The minimum atomic E-state index is -0.243. The summed E-state index contributed by atoms with van der Waals surface area (Å²) in [6, 6.07) is 8.55. The summed E-state index contributed by atoms with van der Waals surface area (Å²) in [5, 5.41) is 8.80. The van der Waals surface area contributed by atoms with Gasteiger partial charge in [-0.05, 0) is 43.7 Å². The first kappa shape index (κ1) is 12.6. The molecule has 1 aromatic heterocycles. The first-order valence-corrected chi connectivity index (χ1v) is 5.86. The zero-order valence-electron chi connectivity index (χ0n) is 10.5. The Morgan fingerprint density at radius 2 is 2.06 bits per heavy atom. The van der Waals surface area contributed by atoms with Crippen LogP contribution in [0.3, 0.4) is 0 Å². The third kappa shape index (κ3) is 2.36. The van der Waals surface area contributed by atoms with Crippen LogP contribution in [0.2, 0.25) is 0 Å². The molecule has 0 unspecified atom stereocenters. The quantitative estimate of drug-likeness (QED) is 0.882. The number of rotatable bonds is 3. The van der Waals surface area contributed by atoms with Gasteiger partial charge in [0.05, 0.1) is 6.61 Å². The molecule has 0 saturated heterocycles. The zero-order valence-corrected chi connectivity index (χ0v) is 10.5. The molecule has 0 spiro atoms. The van der Waals surface area contributed by atoms with Crippen LogP contribution in [0.5, 0.6) is 0 Å². The number of hydrogen-bond acceptors (Lipinski definition) is 1. The molecule has 0 aliphatic rings. The number of hydrogen-bond donors (Lipinski definition) is 1. The minimum Gasteiger partial charge on any atom is -0.392 e. The molecule has 2 rings (SSSR count). The molecular formula is C15H16FNO. The number of nitrogens with zero attached hydrogens (tertiary/aromatic N) is 1. The molecule has 0 aliphatic carbocycles. The maximum atomic E-state index is 13.3. The Balaban J connectivity index is 2.52. The highest BCUT2D eigenvalue weighted by Crippen LogP contribution is 2.22. The monoisotopic (exact) mass is 245 g/mol. The predicted molar refractivity (Wildman–Crippen MR) is 71.3 cm³/mol. The van der Waals surface area contributed by atoms with Gasteiger partial charge in [-0.25, -0.2) is 4.39 Å². The van der Waals surface area contributed by atoms with Gasteiger partial charge in [-0.1, -0.05) is 18.2 Å². The van der Waals surface area contributed by atoms with Crippen LogP contribution in [0.15, 0.2) is 36.4 Å². The molecule has 94 valence electrons. The summed E-state index contributed by atoms with van der Waals surface area (Å²) < 4.78 is 15.3. The van der Waals surface area contributed by atoms with E-state index in [1.165, 1.54) is 12.1 Å². The van der Waals surface area contributed by atoms with Gasteiger partial charge in [-0.15, -0.1) is 0 Å². The second kappa shape index (κ2) is 5.19. The molecule has 3 heteroatoms. The van der Waals surface area contributed by atoms with E-state index < -0.39 is 0 Å². The van der Waals surface area contributed by atoms with Crippen molar-refractivity contribution in [3.63, 3.8) is 0 Å². The van der Waals surface area contributed by atoms with Gasteiger partial charge in [-0.2, -0.15) is 0 Å². The first-order chi connectivity index (χ1) is 8.63. The Morgan fingerprint density at radius 1 is 1.28 bits per heavy atom. The van der Waals surface area contributed by atoms with Crippen LogP contribution >= 0.6 is 0 Å². The Labute approximate surface area is 106 Å². The Bertz CT molecular complexity index is 584. The second-order valence-corrected chi connectivity index (χ2v) is 4.23. The van der Waals surface area contributed by atoms with E-state index in [1.54, 1.807) is 12.1 Å². The fraction of sp³-hybridized carbons (Fsp3) is 0.200. The zero-order chi connectivity index (χ0) is 13.1. The summed E-state index contributed by atoms with van der Waals surface area (Å²) in [6.45, 7) is 3.98. The van der Waals surface area contributed by atoms with Crippen molar-refractivity contribution in [2.75, 3.05) is 6.61 Å². The van der Waals surface area contributed by atoms with E-state index in [4.69, 9.17) is 5.11 Å². The van der Waals surface area contributed by atoms with Gasteiger partial charge in [0.1, 0.15) is 5.82 Å². The number of aryl methyl sites for hydroxylation is 1. The minimum absolute atomic E-state index is 0.0175. The molecule has 0 amide bonds. The highest BCUT2D eigenvalue weighted by Gasteiger charge is 2.09. The largest absolute Gasteiger partial charge is 0.392 e. The van der Waals surface area contributed by atoms with Crippen molar-refractivity contribution in [2.24, 2.45) is 0 Å². The fourth-order valence-electron chi connectivity index (χ4n) is 2.15.